The number of amidine groups is 1. The van der Waals surface area contributed by atoms with E-state index in [9.17, 15) is 9.90 Å². The van der Waals surface area contributed by atoms with Gasteiger partial charge in [0.1, 0.15) is 5.84 Å². The van der Waals surface area contributed by atoms with Crippen molar-refractivity contribution in [3.8, 4) is 0 Å². The van der Waals surface area contributed by atoms with Crippen molar-refractivity contribution in [2.24, 2.45) is 4.99 Å². The number of fused-ring (bicyclic) bond motifs is 2. The molecule has 0 spiro atoms. The lowest BCUT2D eigenvalue weighted by Crippen LogP contribution is -2.40. The van der Waals surface area contributed by atoms with Crippen molar-refractivity contribution < 1.29 is 9.90 Å². The summed E-state index contributed by atoms with van der Waals surface area (Å²) >= 11 is 0. The van der Waals surface area contributed by atoms with Gasteiger partial charge < -0.3 is 15.3 Å². The van der Waals surface area contributed by atoms with Gasteiger partial charge in [-0.2, -0.15) is 0 Å². The third-order valence-electron chi connectivity index (χ3n) is 3.52. The monoisotopic (exact) mass is 245 g/mol. The van der Waals surface area contributed by atoms with Crippen LogP contribution in [0, 0.1) is 0 Å². The van der Waals surface area contributed by atoms with E-state index < -0.39 is 6.10 Å². The van der Waals surface area contributed by atoms with E-state index in [4.69, 9.17) is 0 Å². The Morgan fingerprint density at radius 1 is 1.44 bits per heavy atom. The molecule has 1 fully saturated rings. The van der Waals surface area contributed by atoms with Crippen LogP contribution in [0.25, 0.3) is 0 Å². The number of rotatable bonds is 0. The summed E-state index contributed by atoms with van der Waals surface area (Å²) in [5.74, 6) is 0.697. The Morgan fingerprint density at radius 2 is 2.22 bits per heavy atom. The Balaban J connectivity index is 2.10. The minimum Gasteiger partial charge on any atom is -0.391 e. The van der Waals surface area contributed by atoms with Crippen LogP contribution in [0.15, 0.2) is 29.3 Å². The highest BCUT2D eigenvalue weighted by atomic mass is 16.3. The molecule has 0 bridgehead atoms. The molecular formula is C13H15N3O2. The second kappa shape index (κ2) is 4.10. The molecule has 2 atom stereocenters. The third kappa shape index (κ3) is 1.59. The molecule has 0 aromatic heterocycles. The number of hydrogen-bond donors (Lipinski definition) is 2. The highest BCUT2D eigenvalue weighted by molar-refractivity contribution is 6.11. The minimum atomic E-state index is -0.470. The van der Waals surface area contributed by atoms with Crippen LogP contribution in [-0.4, -0.2) is 47.5 Å². The van der Waals surface area contributed by atoms with Gasteiger partial charge in [-0.05, 0) is 12.1 Å². The molecule has 1 amide bonds. The minimum absolute atomic E-state index is 0.0432. The van der Waals surface area contributed by atoms with Gasteiger partial charge in [-0.1, -0.05) is 12.1 Å². The third-order valence-corrected chi connectivity index (χ3v) is 3.52. The Hall–Kier alpha value is -1.88. The Bertz CT molecular complexity index is 527. The highest BCUT2D eigenvalue weighted by Gasteiger charge is 2.40. The molecule has 18 heavy (non-hydrogen) atoms. The van der Waals surface area contributed by atoms with E-state index >= 15 is 0 Å². The Labute approximate surface area is 105 Å². The fourth-order valence-electron chi connectivity index (χ4n) is 2.66. The van der Waals surface area contributed by atoms with Crippen molar-refractivity contribution in [1.82, 2.24) is 4.90 Å². The number of nitrogens with one attached hydrogen (secondary N) is 1. The van der Waals surface area contributed by atoms with Gasteiger partial charge in [0.15, 0.2) is 0 Å². The maximum atomic E-state index is 12.4. The van der Waals surface area contributed by atoms with Gasteiger partial charge in [0.05, 0.1) is 23.4 Å². The van der Waals surface area contributed by atoms with Crippen molar-refractivity contribution in [3.05, 3.63) is 29.8 Å². The molecule has 2 aliphatic heterocycles. The normalized spacial score (nSPS) is 28.7. The lowest BCUT2D eigenvalue weighted by molar-refractivity contribution is 0.0748. The summed E-state index contributed by atoms with van der Waals surface area (Å²) in [4.78, 5) is 18.4. The van der Waals surface area contributed by atoms with Crippen molar-refractivity contribution in [2.75, 3.05) is 18.9 Å². The molecule has 2 heterocycles. The number of carbonyl (C=O) groups excluding carboxylic acids is 1. The average Bonchev–Trinajstić information content (AvgIpc) is 2.73. The first-order valence-electron chi connectivity index (χ1n) is 6.02. The number of anilines is 1. The van der Waals surface area contributed by atoms with E-state index in [1.165, 1.54) is 0 Å². The lowest BCUT2D eigenvalue weighted by atomic mass is 10.1. The topological polar surface area (TPSA) is 64.9 Å². The maximum absolute atomic E-state index is 12.4. The fraction of sp³-hybridized carbons (Fsp3) is 0.385. The molecular weight excluding hydrogens is 230 g/mol. The SMILES string of the molecule is CN=C1Nc2ccccc2C(=O)N2C[C@H](O)C[C@@H]12. The summed E-state index contributed by atoms with van der Waals surface area (Å²) in [5.41, 5.74) is 1.42. The number of nitrogens with zero attached hydrogens (tertiary/aromatic N) is 2. The number of hydrogen-bond acceptors (Lipinski definition) is 3. The van der Waals surface area contributed by atoms with E-state index in [1.54, 1.807) is 18.0 Å². The largest absolute Gasteiger partial charge is 0.391 e. The zero-order chi connectivity index (χ0) is 12.7. The van der Waals surface area contributed by atoms with Crippen LogP contribution >= 0.6 is 0 Å². The summed E-state index contributed by atoms with van der Waals surface area (Å²) in [6, 6.07) is 7.25. The van der Waals surface area contributed by atoms with E-state index in [0.717, 1.165) is 11.5 Å². The van der Waals surface area contributed by atoms with E-state index in [-0.39, 0.29) is 11.9 Å². The van der Waals surface area contributed by atoms with Gasteiger partial charge in [0.2, 0.25) is 0 Å². The maximum Gasteiger partial charge on any atom is 0.256 e. The smallest absolute Gasteiger partial charge is 0.256 e. The molecule has 0 saturated carbocycles. The van der Waals surface area contributed by atoms with E-state index in [1.807, 2.05) is 18.2 Å². The summed E-state index contributed by atoms with van der Waals surface area (Å²) < 4.78 is 0. The van der Waals surface area contributed by atoms with Crippen LogP contribution in [0.5, 0.6) is 0 Å². The summed E-state index contributed by atoms with van der Waals surface area (Å²) in [7, 11) is 1.70. The summed E-state index contributed by atoms with van der Waals surface area (Å²) in [5, 5.41) is 13.0. The highest BCUT2D eigenvalue weighted by Crippen LogP contribution is 2.29. The van der Waals surface area contributed by atoms with Crippen LogP contribution in [0.3, 0.4) is 0 Å². The zero-order valence-corrected chi connectivity index (χ0v) is 10.1. The molecule has 1 saturated heterocycles. The van der Waals surface area contributed by atoms with Crippen LogP contribution in [-0.2, 0) is 0 Å². The number of aliphatic hydroxyl groups is 1. The standard InChI is InChI=1S/C13H15N3O2/c1-14-12-11-6-8(17)7-16(11)13(18)9-4-2-3-5-10(9)15-12/h2-5,8,11,17H,6-7H2,1H3,(H,14,15)/t8-,11+/m1/s1. The van der Waals surface area contributed by atoms with Gasteiger partial charge in [-0.15, -0.1) is 0 Å². The number of para-hydroxylation sites is 1. The molecule has 5 heteroatoms. The number of aliphatic imine (C=N–C) groups is 1. The number of carbonyl (C=O) groups is 1. The van der Waals surface area contributed by atoms with Crippen LogP contribution in [0.1, 0.15) is 16.8 Å². The van der Waals surface area contributed by atoms with Gasteiger partial charge >= 0.3 is 0 Å². The van der Waals surface area contributed by atoms with Gasteiger partial charge in [0.25, 0.3) is 5.91 Å². The number of aliphatic hydroxyl groups excluding tert-OH is 1. The van der Waals surface area contributed by atoms with E-state index in [2.05, 4.69) is 10.3 Å². The first-order valence-corrected chi connectivity index (χ1v) is 6.02. The fourth-order valence-corrected chi connectivity index (χ4v) is 2.66. The molecule has 3 rings (SSSR count). The summed E-state index contributed by atoms with van der Waals surface area (Å²) in [6.45, 7) is 0.374. The molecule has 0 radical (unpaired) electrons. The lowest BCUT2D eigenvalue weighted by Gasteiger charge is -2.21. The Morgan fingerprint density at radius 3 is 3.00 bits per heavy atom. The van der Waals surface area contributed by atoms with E-state index in [0.29, 0.717) is 18.5 Å². The second-order valence-electron chi connectivity index (χ2n) is 4.64. The van der Waals surface area contributed by atoms with Gasteiger partial charge in [0, 0.05) is 20.0 Å². The molecule has 1 aromatic rings. The number of benzene rings is 1. The molecule has 2 N–H and O–H groups in total. The predicted octanol–water partition coefficient (Wildman–Crippen LogP) is 0.716. The predicted molar refractivity (Wildman–Crippen MR) is 68.9 cm³/mol. The molecule has 0 aliphatic carbocycles. The van der Waals surface area contributed by atoms with Crippen molar-refractivity contribution >= 4 is 17.4 Å². The average molecular weight is 245 g/mol. The molecule has 5 nitrogen and oxygen atoms in total. The van der Waals surface area contributed by atoms with Crippen molar-refractivity contribution in [3.63, 3.8) is 0 Å². The zero-order valence-electron chi connectivity index (χ0n) is 10.1. The van der Waals surface area contributed by atoms with Gasteiger partial charge in [-0.25, -0.2) is 0 Å². The molecule has 94 valence electrons. The Kier molecular flexibility index (Phi) is 2.56. The quantitative estimate of drug-likeness (QED) is 0.707. The second-order valence-corrected chi connectivity index (χ2v) is 4.64. The summed E-state index contributed by atoms with van der Waals surface area (Å²) in [6.07, 6.45) is 0.0714. The molecule has 1 aromatic carbocycles. The van der Waals surface area contributed by atoms with Crippen LogP contribution < -0.4 is 5.32 Å². The first-order chi connectivity index (χ1) is 8.70. The number of amides is 1. The van der Waals surface area contributed by atoms with Crippen molar-refractivity contribution in [1.29, 1.82) is 0 Å². The van der Waals surface area contributed by atoms with Gasteiger partial charge in [-0.3, -0.25) is 9.79 Å². The van der Waals surface area contributed by atoms with Crippen LogP contribution in [0.2, 0.25) is 0 Å². The van der Waals surface area contributed by atoms with Crippen molar-refractivity contribution in [2.45, 2.75) is 18.6 Å². The molecule has 2 aliphatic rings. The molecule has 0 unspecified atom stereocenters. The van der Waals surface area contributed by atoms with Crippen LogP contribution in [0.4, 0.5) is 5.69 Å². The first kappa shape index (κ1) is 11.2.